The molecule has 4 heteroatoms. The van der Waals surface area contributed by atoms with E-state index in [4.69, 9.17) is 28.9 Å². The van der Waals surface area contributed by atoms with E-state index in [2.05, 4.69) is 0 Å². The zero-order chi connectivity index (χ0) is 10.1. The minimum Gasteiger partial charge on any atom is -0.398 e. The van der Waals surface area contributed by atoms with Crippen molar-refractivity contribution in [3.63, 3.8) is 0 Å². The van der Waals surface area contributed by atoms with Crippen molar-refractivity contribution in [3.05, 3.63) is 39.7 Å². The lowest BCUT2D eigenvalue weighted by molar-refractivity contribution is 1.69. The number of halogens is 2. The number of nitrogen functional groups attached to an aromatic ring is 1. The van der Waals surface area contributed by atoms with E-state index in [1.807, 2.05) is 23.6 Å². The molecule has 1 aromatic carbocycles. The Hall–Kier alpha value is -0.700. The van der Waals surface area contributed by atoms with Gasteiger partial charge in [-0.15, -0.1) is 11.3 Å². The fourth-order valence-corrected chi connectivity index (χ4v) is 2.25. The normalized spacial score (nSPS) is 10.4. The van der Waals surface area contributed by atoms with Crippen LogP contribution in [0.3, 0.4) is 0 Å². The Balaban J connectivity index is 2.47. The molecule has 2 rings (SSSR count). The molecule has 0 unspecified atom stereocenters. The molecule has 14 heavy (non-hydrogen) atoms. The Morgan fingerprint density at radius 1 is 1.07 bits per heavy atom. The van der Waals surface area contributed by atoms with Crippen LogP contribution in [0.1, 0.15) is 0 Å². The van der Waals surface area contributed by atoms with Gasteiger partial charge in [0, 0.05) is 15.9 Å². The average Bonchev–Trinajstić information content (AvgIpc) is 2.57. The third-order valence-electron chi connectivity index (χ3n) is 1.82. The van der Waals surface area contributed by atoms with Gasteiger partial charge in [-0.05, 0) is 23.8 Å². The molecular weight excluding hydrogens is 237 g/mol. The number of hydrogen-bond donors (Lipinski definition) is 1. The summed E-state index contributed by atoms with van der Waals surface area (Å²) >= 11 is 13.3. The van der Waals surface area contributed by atoms with Crippen molar-refractivity contribution < 1.29 is 0 Å². The van der Waals surface area contributed by atoms with Crippen molar-refractivity contribution in [2.45, 2.75) is 0 Å². The van der Waals surface area contributed by atoms with Crippen LogP contribution in [0.5, 0.6) is 0 Å². The number of nitrogens with two attached hydrogens (primary N) is 1. The molecule has 2 aromatic rings. The molecule has 0 amide bonds. The maximum Gasteiger partial charge on any atom is 0.0598 e. The van der Waals surface area contributed by atoms with E-state index in [-0.39, 0.29) is 0 Å². The lowest BCUT2D eigenvalue weighted by Crippen LogP contribution is -1.77. The van der Waals surface area contributed by atoms with E-state index in [1.165, 1.54) is 0 Å². The molecule has 0 aliphatic carbocycles. The van der Waals surface area contributed by atoms with Crippen LogP contribution >= 0.6 is 34.5 Å². The second-order valence-corrected chi connectivity index (χ2v) is 4.60. The summed E-state index contributed by atoms with van der Waals surface area (Å²) in [5, 5.41) is 3.04. The summed E-state index contributed by atoms with van der Waals surface area (Å²) in [5.74, 6) is 0. The SMILES string of the molecule is Nc1csc(-c2ccc(Cl)c(Cl)c2)c1. The van der Waals surface area contributed by atoms with Crippen LogP contribution in [0, 0.1) is 0 Å². The summed E-state index contributed by atoms with van der Waals surface area (Å²) in [6, 6.07) is 7.48. The number of anilines is 1. The van der Waals surface area contributed by atoms with E-state index >= 15 is 0 Å². The first-order valence-corrected chi connectivity index (χ1v) is 5.60. The summed E-state index contributed by atoms with van der Waals surface area (Å²) in [5.41, 5.74) is 7.45. The van der Waals surface area contributed by atoms with Gasteiger partial charge in [0.05, 0.1) is 10.0 Å². The van der Waals surface area contributed by atoms with Gasteiger partial charge in [0.1, 0.15) is 0 Å². The molecule has 0 fully saturated rings. The molecule has 0 spiro atoms. The molecule has 0 bridgehead atoms. The minimum atomic E-state index is 0.566. The molecule has 0 saturated carbocycles. The van der Waals surface area contributed by atoms with Gasteiger partial charge in [-0.2, -0.15) is 0 Å². The molecule has 2 N–H and O–H groups in total. The number of benzene rings is 1. The van der Waals surface area contributed by atoms with Crippen molar-refractivity contribution in [3.8, 4) is 10.4 Å². The Kier molecular flexibility index (Phi) is 2.68. The van der Waals surface area contributed by atoms with E-state index in [1.54, 1.807) is 17.4 Å². The number of rotatable bonds is 1. The Morgan fingerprint density at radius 3 is 2.43 bits per heavy atom. The Morgan fingerprint density at radius 2 is 1.86 bits per heavy atom. The maximum absolute atomic E-state index is 5.91. The van der Waals surface area contributed by atoms with Gasteiger partial charge in [0.2, 0.25) is 0 Å². The van der Waals surface area contributed by atoms with E-state index in [9.17, 15) is 0 Å². The van der Waals surface area contributed by atoms with Crippen LogP contribution in [0.25, 0.3) is 10.4 Å². The third-order valence-corrected chi connectivity index (χ3v) is 3.56. The Labute approximate surface area is 96.1 Å². The van der Waals surface area contributed by atoms with Gasteiger partial charge >= 0.3 is 0 Å². The van der Waals surface area contributed by atoms with Crippen LogP contribution in [0.15, 0.2) is 29.6 Å². The second-order valence-electron chi connectivity index (χ2n) is 2.87. The van der Waals surface area contributed by atoms with Crippen LogP contribution in [0.4, 0.5) is 5.69 Å². The first kappa shape index (κ1) is 9.84. The van der Waals surface area contributed by atoms with Crippen LogP contribution in [-0.4, -0.2) is 0 Å². The first-order chi connectivity index (χ1) is 6.66. The van der Waals surface area contributed by atoms with Crippen molar-refractivity contribution in [1.29, 1.82) is 0 Å². The monoisotopic (exact) mass is 243 g/mol. The second kappa shape index (κ2) is 3.81. The van der Waals surface area contributed by atoms with Gasteiger partial charge in [0.15, 0.2) is 0 Å². The quantitative estimate of drug-likeness (QED) is 0.794. The van der Waals surface area contributed by atoms with Gasteiger partial charge in [-0.3, -0.25) is 0 Å². The smallest absolute Gasteiger partial charge is 0.0598 e. The first-order valence-electron chi connectivity index (χ1n) is 3.96. The van der Waals surface area contributed by atoms with Gasteiger partial charge in [-0.25, -0.2) is 0 Å². The molecule has 0 aliphatic rings. The zero-order valence-corrected chi connectivity index (χ0v) is 9.46. The fourth-order valence-electron chi connectivity index (χ4n) is 1.15. The highest BCUT2D eigenvalue weighted by atomic mass is 35.5. The zero-order valence-electron chi connectivity index (χ0n) is 7.13. The molecule has 1 heterocycles. The van der Waals surface area contributed by atoms with Gasteiger partial charge in [0.25, 0.3) is 0 Å². The van der Waals surface area contributed by atoms with E-state index in [0.717, 1.165) is 16.1 Å². The molecule has 1 nitrogen and oxygen atoms in total. The van der Waals surface area contributed by atoms with Crippen molar-refractivity contribution in [2.75, 3.05) is 5.73 Å². The van der Waals surface area contributed by atoms with Crippen LogP contribution < -0.4 is 5.73 Å². The average molecular weight is 244 g/mol. The molecule has 72 valence electrons. The van der Waals surface area contributed by atoms with Crippen LogP contribution in [-0.2, 0) is 0 Å². The molecule has 0 radical (unpaired) electrons. The summed E-state index contributed by atoms with van der Waals surface area (Å²) in [4.78, 5) is 1.10. The molecule has 0 aliphatic heterocycles. The maximum atomic E-state index is 5.91. The van der Waals surface area contributed by atoms with Gasteiger partial charge in [-0.1, -0.05) is 29.3 Å². The predicted molar refractivity (Wildman–Crippen MR) is 64.2 cm³/mol. The molecule has 1 aromatic heterocycles. The highest BCUT2D eigenvalue weighted by Gasteiger charge is 2.03. The topological polar surface area (TPSA) is 26.0 Å². The number of thiophene rings is 1. The predicted octanol–water partition coefficient (Wildman–Crippen LogP) is 4.30. The fraction of sp³-hybridized carbons (Fsp3) is 0. The lowest BCUT2D eigenvalue weighted by Gasteiger charge is -1.99. The number of hydrogen-bond acceptors (Lipinski definition) is 2. The summed E-state index contributed by atoms with van der Waals surface area (Å²) in [6.45, 7) is 0. The molecular formula is C10H7Cl2NS. The largest absolute Gasteiger partial charge is 0.398 e. The van der Waals surface area contributed by atoms with E-state index in [0.29, 0.717) is 10.0 Å². The molecule has 0 saturated heterocycles. The van der Waals surface area contributed by atoms with Crippen LogP contribution in [0.2, 0.25) is 10.0 Å². The Bertz CT molecular complexity index is 465. The summed E-state index contributed by atoms with van der Waals surface area (Å²) in [6.07, 6.45) is 0. The highest BCUT2D eigenvalue weighted by molar-refractivity contribution is 7.14. The summed E-state index contributed by atoms with van der Waals surface area (Å²) < 4.78 is 0. The lowest BCUT2D eigenvalue weighted by atomic mass is 10.2. The minimum absolute atomic E-state index is 0.566. The third kappa shape index (κ3) is 1.87. The standard InChI is InChI=1S/C10H7Cl2NS/c11-8-2-1-6(3-9(8)12)10-4-7(13)5-14-10/h1-5H,13H2. The van der Waals surface area contributed by atoms with Gasteiger partial charge < -0.3 is 5.73 Å². The van der Waals surface area contributed by atoms with Crippen molar-refractivity contribution >= 4 is 40.2 Å². The highest BCUT2D eigenvalue weighted by Crippen LogP contribution is 2.32. The summed E-state index contributed by atoms with van der Waals surface area (Å²) in [7, 11) is 0. The molecule has 0 atom stereocenters. The van der Waals surface area contributed by atoms with Crippen molar-refractivity contribution in [2.24, 2.45) is 0 Å². The van der Waals surface area contributed by atoms with E-state index < -0.39 is 0 Å². The van der Waals surface area contributed by atoms with Crippen molar-refractivity contribution in [1.82, 2.24) is 0 Å².